The van der Waals surface area contributed by atoms with E-state index in [0.29, 0.717) is 12.2 Å². The number of benzene rings is 1. The molecule has 2 aromatic rings. The van der Waals surface area contributed by atoms with E-state index in [1.807, 2.05) is 13.8 Å². The number of carbonyl (C=O) groups is 1. The molecular formula is C14H17N3O3. The second-order valence-corrected chi connectivity index (χ2v) is 4.64. The Bertz CT molecular complexity index is 685. The van der Waals surface area contributed by atoms with Crippen LogP contribution in [0, 0.1) is 13.8 Å². The summed E-state index contributed by atoms with van der Waals surface area (Å²) in [6, 6.07) is 6.33. The van der Waals surface area contributed by atoms with Crippen molar-refractivity contribution in [3.8, 4) is 5.75 Å². The first-order valence-electron chi connectivity index (χ1n) is 6.32. The minimum Gasteiger partial charge on any atom is -0.508 e. The van der Waals surface area contributed by atoms with E-state index < -0.39 is 0 Å². The van der Waals surface area contributed by atoms with E-state index in [0.717, 1.165) is 11.4 Å². The number of H-pyrrole nitrogens is 1. The summed E-state index contributed by atoms with van der Waals surface area (Å²) in [6.07, 6.45) is 0.188. The Morgan fingerprint density at radius 3 is 2.75 bits per heavy atom. The first-order chi connectivity index (χ1) is 9.47. The number of imidazole rings is 1. The molecule has 1 aromatic heterocycles. The number of phenols is 1. The van der Waals surface area contributed by atoms with E-state index in [4.69, 9.17) is 0 Å². The molecule has 1 aromatic carbocycles. The van der Waals surface area contributed by atoms with Crippen molar-refractivity contribution < 1.29 is 9.90 Å². The van der Waals surface area contributed by atoms with E-state index in [9.17, 15) is 14.7 Å². The van der Waals surface area contributed by atoms with Crippen molar-refractivity contribution in [1.82, 2.24) is 9.55 Å². The van der Waals surface area contributed by atoms with Crippen molar-refractivity contribution in [2.45, 2.75) is 26.8 Å². The van der Waals surface area contributed by atoms with E-state index in [-0.39, 0.29) is 23.8 Å². The zero-order valence-corrected chi connectivity index (χ0v) is 11.4. The first kappa shape index (κ1) is 13.9. The first-order valence-corrected chi connectivity index (χ1v) is 6.32. The molecule has 3 N–H and O–H groups in total. The second-order valence-electron chi connectivity index (χ2n) is 4.64. The fraction of sp³-hybridized carbons (Fsp3) is 0.286. The molecule has 0 aliphatic heterocycles. The van der Waals surface area contributed by atoms with Gasteiger partial charge in [-0.15, -0.1) is 0 Å². The predicted molar refractivity (Wildman–Crippen MR) is 75.9 cm³/mol. The number of nitrogens with one attached hydrogen (secondary N) is 2. The second kappa shape index (κ2) is 5.64. The van der Waals surface area contributed by atoms with Crippen LogP contribution in [0.2, 0.25) is 0 Å². The summed E-state index contributed by atoms with van der Waals surface area (Å²) in [5, 5.41) is 12.0. The molecule has 106 valence electrons. The molecule has 0 saturated carbocycles. The van der Waals surface area contributed by atoms with Gasteiger partial charge in [-0.2, -0.15) is 0 Å². The molecule has 20 heavy (non-hydrogen) atoms. The maximum absolute atomic E-state index is 11.8. The molecule has 1 amide bonds. The van der Waals surface area contributed by atoms with Gasteiger partial charge in [0.25, 0.3) is 0 Å². The Morgan fingerprint density at radius 2 is 2.15 bits per heavy atom. The Morgan fingerprint density at radius 1 is 1.40 bits per heavy atom. The van der Waals surface area contributed by atoms with Gasteiger partial charge < -0.3 is 15.4 Å². The molecule has 0 atom stereocenters. The van der Waals surface area contributed by atoms with Crippen LogP contribution in [0.4, 0.5) is 5.69 Å². The van der Waals surface area contributed by atoms with Gasteiger partial charge >= 0.3 is 5.69 Å². The maximum Gasteiger partial charge on any atom is 0.325 e. The number of amides is 1. The molecule has 0 aliphatic carbocycles. The van der Waals surface area contributed by atoms with E-state index in [1.165, 1.54) is 16.7 Å². The number of aromatic nitrogens is 2. The lowest BCUT2D eigenvalue weighted by Crippen LogP contribution is -2.22. The Labute approximate surface area is 116 Å². The molecule has 0 aliphatic rings. The summed E-state index contributed by atoms with van der Waals surface area (Å²) >= 11 is 0. The molecule has 0 spiro atoms. The number of anilines is 1. The van der Waals surface area contributed by atoms with Gasteiger partial charge in [0, 0.05) is 36.1 Å². The molecule has 6 heteroatoms. The molecule has 1 heterocycles. The van der Waals surface area contributed by atoms with Gasteiger partial charge in [0.1, 0.15) is 5.75 Å². The number of aromatic hydroxyl groups is 1. The third-order valence-electron chi connectivity index (χ3n) is 3.18. The van der Waals surface area contributed by atoms with Crippen molar-refractivity contribution >= 4 is 11.6 Å². The van der Waals surface area contributed by atoms with Gasteiger partial charge in [0.15, 0.2) is 0 Å². The average Bonchev–Trinajstić information content (AvgIpc) is 2.61. The van der Waals surface area contributed by atoms with Crippen molar-refractivity contribution in [3.05, 3.63) is 46.1 Å². The zero-order chi connectivity index (χ0) is 14.7. The molecule has 0 fully saturated rings. The number of carbonyl (C=O) groups excluding carboxylic acids is 1. The SMILES string of the molecule is Cc1[nH]c(=O)n(CCC(=O)Nc2cccc(O)c2)c1C. The fourth-order valence-electron chi connectivity index (χ4n) is 1.96. The van der Waals surface area contributed by atoms with Crippen molar-refractivity contribution in [1.29, 1.82) is 0 Å². The number of aryl methyl sites for hydroxylation is 1. The van der Waals surface area contributed by atoms with Gasteiger partial charge in [0.2, 0.25) is 5.91 Å². The molecule has 0 bridgehead atoms. The lowest BCUT2D eigenvalue weighted by Gasteiger charge is -2.07. The summed E-state index contributed by atoms with van der Waals surface area (Å²) in [5.41, 5.74) is 1.97. The van der Waals surface area contributed by atoms with Crippen molar-refractivity contribution in [2.75, 3.05) is 5.32 Å². The topological polar surface area (TPSA) is 87.1 Å². The highest BCUT2D eigenvalue weighted by Gasteiger charge is 2.09. The monoisotopic (exact) mass is 275 g/mol. The molecule has 0 unspecified atom stereocenters. The summed E-state index contributed by atoms with van der Waals surface area (Å²) in [5.74, 6) is -0.114. The van der Waals surface area contributed by atoms with Gasteiger partial charge in [-0.1, -0.05) is 6.07 Å². The van der Waals surface area contributed by atoms with Crippen LogP contribution in [0.1, 0.15) is 17.8 Å². The Kier molecular flexibility index (Phi) is 3.93. The Hall–Kier alpha value is -2.50. The smallest absolute Gasteiger partial charge is 0.325 e. The summed E-state index contributed by atoms with van der Waals surface area (Å²) in [7, 11) is 0. The van der Waals surface area contributed by atoms with Crippen LogP contribution < -0.4 is 11.0 Å². The predicted octanol–water partition coefficient (Wildman–Crippen LogP) is 1.53. The van der Waals surface area contributed by atoms with Gasteiger partial charge in [-0.05, 0) is 26.0 Å². The van der Waals surface area contributed by atoms with Crippen molar-refractivity contribution in [2.24, 2.45) is 0 Å². The summed E-state index contributed by atoms with van der Waals surface area (Å²) in [4.78, 5) is 26.1. The number of phenolic OH excluding ortho intramolecular Hbond substituents is 1. The van der Waals surface area contributed by atoms with Crippen LogP contribution in [-0.4, -0.2) is 20.6 Å². The molecule has 0 saturated heterocycles. The Balaban J connectivity index is 1.97. The number of rotatable bonds is 4. The highest BCUT2D eigenvalue weighted by Crippen LogP contribution is 2.15. The third-order valence-corrected chi connectivity index (χ3v) is 3.18. The maximum atomic E-state index is 11.8. The lowest BCUT2D eigenvalue weighted by molar-refractivity contribution is -0.116. The van der Waals surface area contributed by atoms with E-state index in [1.54, 1.807) is 12.1 Å². The largest absolute Gasteiger partial charge is 0.508 e. The van der Waals surface area contributed by atoms with Crippen LogP contribution in [0.3, 0.4) is 0 Å². The van der Waals surface area contributed by atoms with E-state index in [2.05, 4.69) is 10.3 Å². The van der Waals surface area contributed by atoms with Crippen LogP contribution in [0.25, 0.3) is 0 Å². The van der Waals surface area contributed by atoms with Crippen molar-refractivity contribution in [3.63, 3.8) is 0 Å². The third kappa shape index (κ3) is 3.09. The minimum absolute atomic E-state index is 0.0936. The van der Waals surface area contributed by atoms with Crippen LogP contribution in [0.15, 0.2) is 29.1 Å². The normalized spacial score (nSPS) is 10.5. The number of nitrogens with zero attached hydrogens (tertiary/aromatic N) is 1. The summed E-state index contributed by atoms with van der Waals surface area (Å²) < 4.78 is 1.54. The molecule has 0 radical (unpaired) electrons. The van der Waals surface area contributed by atoms with Crippen LogP contribution >= 0.6 is 0 Å². The zero-order valence-electron chi connectivity index (χ0n) is 11.4. The average molecular weight is 275 g/mol. The van der Waals surface area contributed by atoms with E-state index >= 15 is 0 Å². The highest BCUT2D eigenvalue weighted by atomic mass is 16.3. The number of aromatic amines is 1. The number of hydrogen-bond donors (Lipinski definition) is 3. The molecule has 2 rings (SSSR count). The fourth-order valence-corrected chi connectivity index (χ4v) is 1.96. The molecule has 6 nitrogen and oxygen atoms in total. The highest BCUT2D eigenvalue weighted by molar-refractivity contribution is 5.90. The minimum atomic E-state index is -0.208. The van der Waals surface area contributed by atoms with Gasteiger partial charge in [0.05, 0.1) is 0 Å². The molecular weight excluding hydrogens is 258 g/mol. The standard InChI is InChI=1S/C14H17N3O3/c1-9-10(2)17(14(20)15-9)7-6-13(19)16-11-4-3-5-12(18)8-11/h3-5,8,18H,6-7H2,1-2H3,(H,15,20)(H,16,19). The van der Waals surface area contributed by atoms with Gasteiger partial charge in [-0.3, -0.25) is 9.36 Å². The number of hydrogen-bond acceptors (Lipinski definition) is 3. The summed E-state index contributed by atoms with van der Waals surface area (Å²) in [6.45, 7) is 3.97. The quantitative estimate of drug-likeness (QED) is 0.790. The van der Waals surface area contributed by atoms with Gasteiger partial charge in [-0.25, -0.2) is 4.79 Å². The van der Waals surface area contributed by atoms with Crippen LogP contribution in [-0.2, 0) is 11.3 Å². The lowest BCUT2D eigenvalue weighted by atomic mass is 10.3. The van der Waals surface area contributed by atoms with Crippen LogP contribution in [0.5, 0.6) is 5.75 Å².